The van der Waals surface area contributed by atoms with Gasteiger partial charge in [-0.2, -0.15) is 13.2 Å². The minimum atomic E-state index is -4.55. The lowest BCUT2D eigenvalue weighted by Crippen LogP contribution is -2.20. The standard InChI is InChI=1S/C13H10F4N2/c14-9-4-1-3-8(7-9)11(18)12-10(13(15,16)17)5-2-6-19-12/h1-7,11H,18H2. The van der Waals surface area contributed by atoms with Crippen LogP contribution in [0.2, 0.25) is 0 Å². The van der Waals surface area contributed by atoms with Gasteiger partial charge >= 0.3 is 6.18 Å². The van der Waals surface area contributed by atoms with E-state index in [2.05, 4.69) is 4.98 Å². The largest absolute Gasteiger partial charge is 0.418 e. The lowest BCUT2D eigenvalue weighted by molar-refractivity contribution is -0.138. The first-order chi connectivity index (χ1) is 8.89. The van der Waals surface area contributed by atoms with Gasteiger partial charge in [0.15, 0.2) is 0 Å². The summed E-state index contributed by atoms with van der Waals surface area (Å²) >= 11 is 0. The summed E-state index contributed by atoms with van der Waals surface area (Å²) in [6, 6.07) is 6.10. The first kappa shape index (κ1) is 13.5. The van der Waals surface area contributed by atoms with Gasteiger partial charge in [0.25, 0.3) is 0 Å². The van der Waals surface area contributed by atoms with E-state index < -0.39 is 23.6 Å². The predicted octanol–water partition coefficient (Wildman–Crippen LogP) is 3.29. The Labute approximate surface area is 106 Å². The van der Waals surface area contributed by atoms with Crippen LogP contribution in [0.1, 0.15) is 22.9 Å². The zero-order valence-corrected chi connectivity index (χ0v) is 9.66. The van der Waals surface area contributed by atoms with Crippen molar-refractivity contribution < 1.29 is 17.6 Å². The number of halogens is 4. The van der Waals surface area contributed by atoms with E-state index in [1.807, 2.05) is 0 Å². The fourth-order valence-electron chi connectivity index (χ4n) is 1.76. The summed E-state index contributed by atoms with van der Waals surface area (Å²) in [6.07, 6.45) is -3.32. The summed E-state index contributed by atoms with van der Waals surface area (Å²) in [5.74, 6) is -0.558. The molecule has 1 heterocycles. The second-order valence-corrected chi connectivity index (χ2v) is 3.97. The molecule has 1 atom stereocenters. The average Bonchev–Trinajstić information content (AvgIpc) is 2.37. The van der Waals surface area contributed by atoms with Gasteiger partial charge in [0.05, 0.1) is 17.3 Å². The summed E-state index contributed by atoms with van der Waals surface area (Å²) in [4.78, 5) is 3.68. The highest BCUT2D eigenvalue weighted by molar-refractivity contribution is 5.34. The van der Waals surface area contributed by atoms with Gasteiger partial charge < -0.3 is 5.73 Å². The Morgan fingerprint density at radius 1 is 1.11 bits per heavy atom. The van der Waals surface area contributed by atoms with E-state index in [-0.39, 0.29) is 11.3 Å². The molecule has 2 aromatic rings. The monoisotopic (exact) mass is 270 g/mol. The van der Waals surface area contributed by atoms with Gasteiger partial charge in [-0.15, -0.1) is 0 Å². The van der Waals surface area contributed by atoms with Gasteiger partial charge in [-0.1, -0.05) is 12.1 Å². The summed E-state index contributed by atoms with van der Waals surface area (Å²) < 4.78 is 51.6. The summed E-state index contributed by atoms with van der Waals surface area (Å²) in [7, 11) is 0. The molecule has 0 bridgehead atoms. The van der Waals surface area contributed by atoms with E-state index in [9.17, 15) is 17.6 Å². The Balaban J connectivity index is 2.48. The minimum absolute atomic E-state index is 0.240. The second-order valence-electron chi connectivity index (χ2n) is 3.97. The van der Waals surface area contributed by atoms with Crippen molar-refractivity contribution in [1.29, 1.82) is 0 Å². The van der Waals surface area contributed by atoms with Crippen molar-refractivity contribution >= 4 is 0 Å². The topological polar surface area (TPSA) is 38.9 Å². The van der Waals surface area contributed by atoms with Crippen LogP contribution < -0.4 is 5.73 Å². The van der Waals surface area contributed by atoms with E-state index >= 15 is 0 Å². The normalized spacial score (nSPS) is 13.3. The van der Waals surface area contributed by atoms with E-state index in [1.54, 1.807) is 0 Å². The summed E-state index contributed by atoms with van der Waals surface area (Å²) in [5, 5.41) is 0. The molecule has 6 heteroatoms. The molecule has 0 saturated heterocycles. The van der Waals surface area contributed by atoms with E-state index in [1.165, 1.54) is 30.5 Å². The Bertz CT molecular complexity index is 581. The number of nitrogens with zero attached hydrogens (tertiary/aromatic N) is 1. The van der Waals surface area contributed by atoms with Crippen LogP contribution in [-0.4, -0.2) is 4.98 Å². The van der Waals surface area contributed by atoms with Gasteiger partial charge in [0, 0.05) is 6.20 Å². The third-order valence-electron chi connectivity index (χ3n) is 2.65. The molecule has 0 spiro atoms. The number of rotatable bonds is 2. The van der Waals surface area contributed by atoms with E-state index in [4.69, 9.17) is 5.73 Å². The Hall–Kier alpha value is -1.95. The van der Waals surface area contributed by atoms with Crippen molar-refractivity contribution in [3.63, 3.8) is 0 Å². The molecule has 1 aromatic carbocycles. The SMILES string of the molecule is NC(c1cccc(F)c1)c1ncccc1C(F)(F)F. The van der Waals surface area contributed by atoms with Crippen LogP contribution in [-0.2, 0) is 6.18 Å². The van der Waals surface area contributed by atoms with E-state index in [0.717, 1.165) is 12.1 Å². The third kappa shape index (κ3) is 2.90. The molecule has 2 N–H and O–H groups in total. The molecule has 0 saturated carbocycles. The predicted molar refractivity (Wildman–Crippen MR) is 61.7 cm³/mol. The molecule has 1 unspecified atom stereocenters. The average molecular weight is 270 g/mol. The van der Waals surface area contributed by atoms with Crippen molar-refractivity contribution in [3.8, 4) is 0 Å². The molecule has 100 valence electrons. The molecular weight excluding hydrogens is 260 g/mol. The highest BCUT2D eigenvalue weighted by Crippen LogP contribution is 2.34. The minimum Gasteiger partial charge on any atom is -0.319 e. The maximum Gasteiger partial charge on any atom is 0.418 e. The van der Waals surface area contributed by atoms with Crippen molar-refractivity contribution in [2.24, 2.45) is 5.73 Å². The molecule has 0 aliphatic carbocycles. The van der Waals surface area contributed by atoms with Crippen LogP contribution in [0.4, 0.5) is 17.6 Å². The van der Waals surface area contributed by atoms with Gasteiger partial charge in [0.1, 0.15) is 5.82 Å². The van der Waals surface area contributed by atoms with Crippen LogP contribution >= 0.6 is 0 Å². The number of benzene rings is 1. The first-order valence-corrected chi connectivity index (χ1v) is 5.43. The highest BCUT2D eigenvalue weighted by Gasteiger charge is 2.35. The van der Waals surface area contributed by atoms with Crippen molar-refractivity contribution in [2.75, 3.05) is 0 Å². The Kier molecular flexibility index (Phi) is 3.53. The first-order valence-electron chi connectivity index (χ1n) is 5.43. The Morgan fingerprint density at radius 3 is 2.47 bits per heavy atom. The zero-order valence-electron chi connectivity index (χ0n) is 9.66. The number of aromatic nitrogens is 1. The van der Waals surface area contributed by atoms with Crippen LogP contribution in [0.15, 0.2) is 42.6 Å². The molecule has 1 aromatic heterocycles. The van der Waals surface area contributed by atoms with Crippen molar-refractivity contribution in [1.82, 2.24) is 4.98 Å². The fraction of sp³-hybridized carbons (Fsp3) is 0.154. The molecule has 0 radical (unpaired) electrons. The molecule has 0 aliphatic rings. The van der Waals surface area contributed by atoms with Gasteiger partial charge in [-0.05, 0) is 29.8 Å². The molecule has 0 fully saturated rings. The molecular formula is C13H10F4N2. The maximum atomic E-state index is 13.1. The molecule has 19 heavy (non-hydrogen) atoms. The number of alkyl halides is 3. The van der Waals surface area contributed by atoms with Gasteiger partial charge in [-0.3, -0.25) is 4.98 Å². The molecule has 2 rings (SSSR count). The molecule has 2 nitrogen and oxygen atoms in total. The van der Waals surface area contributed by atoms with Gasteiger partial charge in [0.2, 0.25) is 0 Å². The highest BCUT2D eigenvalue weighted by atomic mass is 19.4. The van der Waals surface area contributed by atoms with Crippen LogP contribution in [0.3, 0.4) is 0 Å². The number of hydrogen-bond acceptors (Lipinski definition) is 2. The fourth-order valence-corrected chi connectivity index (χ4v) is 1.76. The number of pyridine rings is 1. The maximum absolute atomic E-state index is 13.1. The zero-order chi connectivity index (χ0) is 14.0. The van der Waals surface area contributed by atoms with Crippen molar-refractivity contribution in [3.05, 3.63) is 65.2 Å². The molecule has 0 amide bonds. The van der Waals surface area contributed by atoms with Crippen LogP contribution in [0.25, 0.3) is 0 Å². The number of hydrogen-bond donors (Lipinski definition) is 1. The lowest BCUT2D eigenvalue weighted by atomic mass is 10.00. The smallest absolute Gasteiger partial charge is 0.319 e. The van der Waals surface area contributed by atoms with Gasteiger partial charge in [-0.25, -0.2) is 4.39 Å². The Morgan fingerprint density at radius 2 is 1.84 bits per heavy atom. The number of nitrogens with two attached hydrogens (primary N) is 1. The van der Waals surface area contributed by atoms with Crippen molar-refractivity contribution in [2.45, 2.75) is 12.2 Å². The lowest BCUT2D eigenvalue weighted by Gasteiger charge is -2.17. The third-order valence-corrected chi connectivity index (χ3v) is 2.65. The summed E-state index contributed by atoms with van der Waals surface area (Å²) in [5.41, 5.74) is 4.76. The second kappa shape index (κ2) is 4.97. The molecule has 0 aliphatic heterocycles. The quantitative estimate of drug-likeness (QED) is 0.850. The van der Waals surface area contributed by atoms with Crippen LogP contribution in [0.5, 0.6) is 0 Å². The van der Waals surface area contributed by atoms with E-state index in [0.29, 0.717) is 0 Å². The van der Waals surface area contributed by atoms with Crippen LogP contribution in [0, 0.1) is 5.82 Å². The summed E-state index contributed by atoms with van der Waals surface area (Å²) in [6.45, 7) is 0.